The van der Waals surface area contributed by atoms with Gasteiger partial charge in [-0.25, -0.2) is 9.97 Å². The number of rotatable bonds is 5. The van der Waals surface area contributed by atoms with Gasteiger partial charge in [-0.3, -0.25) is 15.6 Å². The predicted octanol–water partition coefficient (Wildman–Crippen LogP) is 2.89. The van der Waals surface area contributed by atoms with Crippen molar-refractivity contribution >= 4 is 23.2 Å². The van der Waals surface area contributed by atoms with Crippen LogP contribution in [0.2, 0.25) is 0 Å². The number of nitrogens with two attached hydrogens (primary N) is 1. The van der Waals surface area contributed by atoms with Crippen LogP contribution in [0.3, 0.4) is 0 Å². The summed E-state index contributed by atoms with van der Waals surface area (Å²) in [4.78, 5) is 23.1. The number of nitrogens with zero attached hydrogens (tertiary/aromatic N) is 3. The van der Waals surface area contributed by atoms with Crippen LogP contribution in [0.15, 0.2) is 30.6 Å². The SMILES string of the molecule is CCC1CCCCN1c1ncnc(NNC(=O)c2ccc(C)cc2)c1N. The highest BCUT2D eigenvalue weighted by Crippen LogP contribution is 2.31. The molecule has 7 nitrogen and oxygen atoms in total. The van der Waals surface area contributed by atoms with E-state index in [2.05, 4.69) is 32.6 Å². The first-order chi connectivity index (χ1) is 12.6. The van der Waals surface area contributed by atoms with Gasteiger partial charge in [0, 0.05) is 18.2 Å². The first-order valence-corrected chi connectivity index (χ1v) is 9.10. The van der Waals surface area contributed by atoms with Crippen molar-refractivity contribution in [2.24, 2.45) is 0 Å². The fraction of sp³-hybridized carbons (Fsp3) is 0.421. The maximum Gasteiger partial charge on any atom is 0.269 e. The van der Waals surface area contributed by atoms with E-state index >= 15 is 0 Å². The van der Waals surface area contributed by atoms with E-state index in [-0.39, 0.29) is 5.91 Å². The van der Waals surface area contributed by atoms with E-state index in [1.807, 2.05) is 19.1 Å². The summed E-state index contributed by atoms with van der Waals surface area (Å²) in [5, 5.41) is 0. The van der Waals surface area contributed by atoms with Gasteiger partial charge in [0.1, 0.15) is 12.0 Å². The van der Waals surface area contributed by atoms with E-state index in [1.54, 1.807) is 12.1 Å². The molecule has 0 aliphatic carbocycles. The summed E-state index contributed by atoms with van der Waals surface area (Å²) in [6.07, 6.45) is 6.04. The highest BCUT2D eigenvalue weighted by molar-refractivity contribution is 5.95. The molecule has 1 fully saturated rings. The fourth-order valence-corrected chi connectivity index (χ4v) is 3.31. The van der Waals surface area contributed by atoms with Crippen molar-refractivity contribution in [3.63, 3.8) is 0 Å². The highest BCUT2D eigenvalue weighted by Gasteiger charge is 2.25. The first kappa shape index (κ1) is 18.0. The average molecular weight is 354 g/mol. The van der Waals surface area contributed by atoms with Crippen molar-refractivity contribution in [3.8, 4) is 0 Å². The van der Waals surface area contributed by atoms with Crippen LogP contribution in [0.4, 0.5) is 17.3 Å². The van der Waals surface area contributed by atoms with Crippen molar-refractivity contribution in [2.45, 2.75) is 45.6 Å². The minimum atomic E-state index is -0.242. The van der Waals surface area contributed by atoms with Gasteiger partial charge in [0.2, 0.25) is 0 Å². The van der Waals surface area contributed by atoms with Gasteiger partial charge < -0.3 is 10.6 Å². The lowest BCUT2D eigenvalue weighted by Gasteiger charge is -2.36. The molecular formula is C19H26N6O. The Morgan fingerprint density at radius 1 is 1.27 bits per heavy atom. The summed E-state index contributed by atoms with van der Waals surface area (Å²) in [7, 11) is 0. The summed E-state index contributed by atoms with van der Waals surface area (Å²) < 4.78 is 0. The quantitative estimate of drug-likeness (QED) is 0.715. The number of aromatic nitrogens is 2. The third-order valence-corrected chi connectivity index (χ3v) is 4.84. The lowest BCUT2D eigenvalue weighted by atomic mass is 10.00. The van der Waals surface area contributed by atoms with Gasteiger partial charge in [0.25, 0.3) is 5.91 Å². The van der Waals surface area contributed by atoms with Crippen LogP contribution in [0.5, 0.6) is 0 Å². The van der Waals surface area contributed by atoms with Gasteiger partial charge in [0.05, 0.1) is 0 Å². The number of benzene rings is 1. The van der Waals surface area contributed by atoms with E-state index in [0.717, 1.165) is 37.2 Å². The molecule has 3 rings (SSSR count). The second kappa shape index (κ2) is 8.03. The number of hydrogen-bond donors (Lipinski definition) is 3. The van der Waals surface area contributed by atoms with Crippen LogP contribution < -0.4 is 21.5 Å². The predicted molar refractivity (Wildman–Crippen MR) is 104 cm³/mol. The number of carbonyl (C=O) groups is 1. The topological polar surface area (TPSA) is 96.2 Å². The van der Waals surface area contributed by atoms with Gasteiger partial charge in [-0.15, -0.1) is 0 Å². The van der Waals surface area contributed by atoms with Crippen LogP contribution in [0, 0.1) is 6.92 Å². The van der Waals surface area contributed by atoms with E-state index in [9.17, 15) is 4.79 Å². The van der Waals surface area contributed by atoms with Crippen LogP contribution in [-0.4, -0.2) is 28.5 Å². The molecule has 2 heterocycles. The van der Waals surface area contributed by atoms with Crippen LogP contribution >= 0.6 is 0 Å². The Balaban J connectivity index is 1.72. The number of nitrogen functional groups attached to an aromatic ring is 1. The monoisotopic (exact) mass is 354 g/mol. The van der Waals surface area contributed by atoms with Gasteiger partial charge in [-0.2, -0.15) is 0 Å². The molecule has 2 aromatic rings. The maximum atomic E-state index is 12.3. The van der Waals surface area contributed by atoms with Gasteiger partial charge in [-0.05, 0) is 44.7 Å². The maximum absolute atomic E-state index is 12.3. The van der Waals surface area contributed by atoms with Crippen LogP contribution in [-0.2, 0) is 0 Å². The lowest BCUT2D eigenvalue weighted by Crippen LogP contribution is -2.40. The number of aryl methyl sites for hydroxylation is 1. The van der Waals surface area contributed by atoms with Crippen molar-refractivity contribution in [1.29, 1.82) is 0 Å². The number of amides is 1. The van der Waals surface area contributed by atoms with E-state index in [0.29, 0.717) is 23.1 Å². The summed E-state index contributed by atoms with van der Waals surface area (Å²) in [5.41, 5.74) is 13.9. The third-order valence-electron chi connectivity index (χ3n) is 4.84. The molecule has 1 aromatic carbocycles. The Kier molecular flexibility index (Phi) is 5.55. The molecule has 0 spiro atoms. The average Bonchev–Trinajstić information content (AvgIpc) is 2.67. The first-order valence-electron chi connectivity index (χ1n) is 9.10. The Bertz CT molecular complexity index is 761. The second-order valence-electron chi connectivity index (χ2n) is 6.66. The molecule has 1 aliphatic rings. The standard InChI is InChI=1S/C19H26N6O/c1-3-15-6-4-5-11-25(15)18-16(20)17(21-12-22-18)23-24-19(26)14-9-7-13(2)8-10-14/h7-10,12,15H,3-6,11,20H2,1-2H3,(H,24,26)(H,21,22,23). The Morgan fingerprint density at radius 3 is 2.77 bits per heavy atom. The third kappa shape index (κ3) is 3.87. The molecule has 1 unspecified atom stereocenters. The molecule has 26 heavy (non-hydrogen) atoms. The van der Waals surface area contributed by atoms with Gasteiger partial charge in [0.15, 0.2) is 11.6 Å². The Morgan fingerprint density at radius 2 is 2.04 bits per heavy atom. The second-order valence-corrected chi connectivity index (χ2v) is 6.66. The summed E-state index contributed by atoms with van der Waals surface area (Å²) in [6, 6.07) is 7.79. The molecule has 1 aliphatic heterocycles. The number of anilines is 3. The van der Waals surface area contributed by atoms with Crippen molar-refractivity contribution in [3.05, 3.63) is 41.7 Å². The Labute approximate surface area is 154 Å². The van der Waals surface area contributed by atoms with Crippen molar-refractivity contribution < 1.29 is 4.79 Å². The van der Waals surface area contributed by atoms with Gasteiger partial charge >= 0.3 is 0 Å². The van der Waals surface area contributed by atoms with Crippen molar-refractivity contribution in [2.75, 3.05) is 22.6 Å². The zero-order chi connectivity index (χ0) is 18.5. The minimum Gasteiger partial charge on any atom is -0.393 e. The summed E-state index contributed by atoms with van der Waals surface area (Å²) in [6.45, 7) is 5.10. The molecule has 138 valence electrons. The fourth-order valence-electron chi connectivity index (χ4n) is 3.31. The lowest BCUT2D eigenvalue weighted by molar-refractivity contribution is 0.0962. The van der Waals surface area contributed by atoms with Crippen LogP contribution in [0.1, 0.15) is 48.5 Å². The molecular weight excluding hydrogens is 328 g/mol. The minimum absolute atomic E-state index is 0.242. The summed E-state index contributed by atoms with van der Waals surface area (Å²) >= 11 is 0. The van der Waals surface area contributed by atoms with Crippen LogP contribution in [0.25, 0.3) is 0 Å². The van der Waals surface area contributed by atoms with E-state index in [4.69, 9.17) is 5.73 Å². The number of carbonyl (C=O) groups excluding carboxylic acids is 1. The molecule has 4 N–H and O–H groups in total. The number of nitrogens with one attached hydrogen (secondary N) is 2. The Hall–Kier alpha value is -2.83. The van der Waals surface area contributed by atoms with Gasteiger partial charge in [-0.1, -0.05) is 24.6 Å². The number of hydrazine groups is 1. The molecule has 0 bridgehead atoms. The zero-order valence-corrected chi connectivity index (χ0v) is 15.3. The molecule has 0 radical (unpaired) electrons. The van der Waals surface area contributed by atoms with E-state index < -0.39 is 0 Å². The molecule has 1 amide bonds. The number of piperidine rings is 1. The number of hydrogen-bond acceptors (Lipinski definition) is 6. The highest BCUT2D eigenvalue weighted by atomic mass is 16.2. The molecule has 1 saturated heterocycles. The zero-order valence-electron chi connectivity index (χ0n) is 15.3. The molecule has 0 saturated carbocycles. The normalized spacial score (nSPS) is 17.0. The molecule has 7 heteroatoms. The molecule has 1 atom stereocenters. The van der Waals surface area contributed by atoms with E-state index in [1.165, 1.54) is 12.7 Å². The largest absolute Gasteiger partial charge is 0.393 e. The smallest absolute Gasteiger partial charge is 0.269 e. The molecule has 1 aromatic heterocycles. The summed E-state index contributed by atoms with van der Waals surface area (Å²) in [5.74, 6) is 0.906. The van der Waals surface area contributed by atoms with Crippen molar-refractivity contribution in [1.82, 2.24) is 15.4 Å².